The first-order valence-corrected chi connectivity index (χ1v) is 12.1. The van der Waals surface area contributed by atoms with Crippen LogP contribution in [-0.4, -0.2) is 43.3 Å². The molecule has 0 radical (unpaired) electrons. The maximum Gasteiger partial charge on any atom is 0.417 e. The molecule has 10 nitrogen and oxygen atoms in total. The van der Waals surface area contributed by atoms with Crippen LogP contribution in [0.1, 0.15) is 23.1 Å². The molecule has 0 bridgehead atoms. The van der Waals surface area contributed by atoms with Crippen molar-refractivity contribution < 1.29 is 22.8 Å². The molecule has 0 spiro atoms. The van der Waals surface area contributed by atoms with E-state index in [2.05, 4.69) is 26.0 Å². The van der Waals surface area contributed by atoms with Crippen LogP contribution in [0.5, 0.6) is 0 Å². The van der Waals surface area contributed by atoms with Crippen LogP contribution in [0.15, 0.2) is 78.2 Å². The molecule has 4 aromatic rings. The third kappa shape index (κ3) is 5.36. The number of carbonyl (C=O) groups excluding carboxylic acids is 1. The molecule has 4 N–H and O–H groups in total. The minimum absolute atomic E-state index is 0.00864. The predicted molar refractivity (Wildman–Crippen MR) is 141 cm³/mol. The van der Waals surface area contributed by atoms with Crippen LogP contribution >= 0.6 is 11.6 Å². The molecule has 0 saturated heterocycles. The number of nitrogens with zero attached hydrogens (tertiary/aromatic N) is 5. The van der Waals surface area contributed by atoms with E-state index in [4.69, 9.17) is 27.6 Å². The molecule has 0 saturated carbocycles. The second-order valence-corrected chi connectivity index (χ2v) is 9.40. The molecule has 3 aromatic carbocycles. The van der Waals surface area contributed by atoms with Crippen molar-refractivity contribution in [3.05, 3.63) is 94.8 Å². The Bertz CT molecular complexity index is 1620. The molecule has 1 amide bonds. The average Bonchev–Trinajstić information content (AvgIpc) is 3.60. The van der Waals surface area contributed by atoms with Crippen molar-refractivity contribution in [2.75, 3.05) is 5.32 Å². The highest BCUT2D eigenvalue weighted by molar-refractivity contribution is 6.34. The number of nitrogens with two attached hydrogens (primary N) is 1. The molecule has 204 valence electrons. The fraction of sp³-hybridized carbons (Fsp3) is 0.154. The Morgan fingerprint density at radius 3 is 2.62 bits per heavy atom. The van der Waals surface area contributed by atoms with Gasteiger partial charge in [0.1, 0.15) is 12.2 Å². The molecule has 1 aliphatic rings. The lowest BCUT2D eigenvalue weighted by molar-refractivity contribution is -0.140. The number of aromatic nitrogens is 4. The van der Waals surface area contributed by atoms with Gasteiger partial charge in [-0.1, -0.05) is 59.2 Å². The summed E-state index contributed by atoms with van der Waals surface area (Å²) < 4.78 is 41.9. The Kier molecular flexibility index (Phi) is 6.98. The number of amidine groups is 1. The molecule has 0 aliphatic carbocycles. The number of anilines is 1. The van der Waals surface area contributed by atoms with E-state index in [9.17, 15) is 18.0 Å². The van der Waals surface area contributed by atoms with Crippen LogP contribution in [0.3, 0.4) is 0 Å². The number of hydrogen-bond acceptors (Lipinski definition) is 7. The van der Waals surface area contributed by atoms with Crippen molar-refractivity contribution in [3.63, 3.8) is 0 Å². The first kappa shape index (κ1) is 26.8. The number of nitrogen functional groups attached to an aromatic ring is 1. The van der Waals surface area contributed by atoms with Crippen molar-refractivity contribution in [2.45, 2.75) is 24.7 Å². The van der Waals surface area contributed by atoms with Crippen LogP contribution in [0.2, 0.25) is 5.02 Å². The fourth-order valence-corrected chi connectivity index (χ4v) is 4.52. The summed E-state index contributed by atoms with van der Waals surface area (Å²) in [7, 11) is 0. The van der Waals surface area contributed by atoms with Crippen molar-refractivity contribution in [1.82, 2.24) is 20.2 Å². The number of nitrogens with one attached hydrogen (secondary N) is 2. The summed E-state index contributed by atoms with van der Waals surface area (Å²) in [6.07, 6.45) is -3.23. The van der Waals surface area contributed by atoms with Gasteiger partial charge in [-0.05, 0) is 45.8 Å². The van der Waals surface area contributed by atoms with E-state index in [0.29, 0.717) is 16.8 Å². The summed E-state index contributed by atoms with van der Waals surface area (Å²) in [6.45, 7) is -0.111. The third-order valence-electron chi connectivity index (χ3n) is 6.27. The molecule has 5 rings (SSSR count). The molecule has 2 heterocycles. The highest BCUT2D eigenvalue weighted by Crippen LogP contribution is 2.39. The standard InChI is InChI=1S/C26H20ClF3N8O2/c27-20-11-15(18-6-1-2-7-19(18)26(28,29)30)8-9-21(20)34-24(39)25(13-38-14-33-36-37-38)12-22(35-40-25)16-4-3-5-17(10-16)23(31)32/h1-11,14H,12-13H2,(H3,31,32)(H,34,39). The lowest BCUT2D eigenvalue weighted by Gasteiger charge is -2.25. The largest absolute Gasteiger partial charge is 0.417 e. The Morgan fingerprint density at radius 1 is 1.12 bits per heavy atom. The summed E-state index contributed by atoms with van der Waals surface area (Å²) in [5, 5.41) is 25.6. The maximum absolute atomic E-state index is 13.7. The van der Waals surface area contributed by atoms with Gasteiger partial charge in [0.2, 0.25) is 5.60 Å². The molecule has 1 aliphatic heterocycles. The number of oxime groups is 1. The quantitative estimate of drug-likeness (QED) is 0.221. The first-order valence-electron chi connectivity index (χ1n) is 11.7. The molecule has 1 unspecified atom stereocenters. The Labute approximate surface area is 230 Å². The topological polar surface area (TPSA) is 144 Å². The number of hydrogen-bond donors (Lipinski definition) is 3. The normalized spacial score (nSPS) is 16.8. The Morgan fingerprint density at radius 2 is 1.93 bits per heavy atom. The average molecular weight is 569 g/mol. The molecular formula is C26H20ClF3N8O2. The lowest BCUT2D eigenvalue weighted by atomic mass is 9.92. The molecule has 1 aromatic heterocycles. The van der Waals surface area contributed by atoms with E-state index in [1.807, 2.05) is 0 Å². The summed E-state index contributed by atoms with van der Waals surface area (Å²) >= 11 is 6.42. The SMILES string of the molecule is N=C(N)c1cccc(C2=NOC(Cn3cnnn3)(C(=O)Nc3ccc(-c4ccccc4C(F)(F)F)cc3Cl)C2)c1. The number of tetrazole rings is 1. The second kappa shape index (κ2) is 10.4. The number of carbonyl (C=O) groups is 1. The molecule has 1 atom stereocenters. The molecule has 14 heteroatoms. The van der Waals surface area contributed by atoms with E-state index in [1.165, 1.54) is 47.4 Å². The molecule has 0 fully saturated rings. The predicted octanol–water partition coefficient (Wildman–Crippen LogP) is 4.50. The zero-order valence-electron chi connectivity index (χ0n) is 20.5. The van der Waals surface area contributed by atoms with E-state index in [-0.39, 0.29) is 40.6 Å². The van der Waals surface area contributed by atoms with Crippen molar-refractivity contribution in [3.8, 4) is 11.1 Å². The monoisotopic (exact) mass is 568 g/mol. The molecular weight excluding hydrogens is 549 g/mol. The number of rotatable bonds is 7. The van der Waals surface area contributed by atoms with Gasteiger partial charge in [-0.2, -0.15) is 13.2 Å². The highest BCUT2D eigenvalue weighted by Gasteiger charge is 2.48. The van der Waals surface area contributed by atoms with E-state index in [0.717, 1.165) is 6.07 Å². The lowest BCUT2D eigenvalue weighted by Crippen LogP contribution is -2.47. The number of amides is 1. The summed E-state index contributed by atoms with van der Waals surface area (Å²) in [5.41, 5.74) is 5.05. The minimum atomic E-state index is -4.56. The smallest absolute Gasteiger partial charge is 0.384 e. The second-order valence-electron chi connectivity index (χ2n) is 8.99. The Hall–Kier alpha value is -4.78. The highest BCUT2D eigenvalue weighted by atomic mass is 35.5. The van der Waals surface area contributed by atoms with Crippen LogP contribution in [0.4, 0.5) is 18.9 Å². The van der Waals surface area contributed by atoms with Gasteiger partial charge in [0.05, 0.1) is 28.5 Å². The zero-order valence-corrected chi connectivity index (χ0v) is 21.2. The summed E-state index contributed by atoms with van der Waals surface area (Å²) in [4.78, 5) is 19.4. The van der Waals surface area contributed by atoms with Crippen molar-refractivity contribution >= 4 is 34.7 Å². The van der Waals surface area contributed by atoms with Crippen LogP contribution in [0.25, 0.3) is 11.1 Å². The molecule has 40 heavy (non-hydrogen) atoms. The van der Waals surface area contributed by atoms with E-state index in [1.54, 1.807) is 24.3 Å². The van der Waals surface area contributed by atoms with Crippen LogP contribution in [-0.2, 0) is 22.4 Å². The fourth-order valence-electron chi connectivity index (χ4n) is 4.29. The van der Waals surface area contributed by atoms with E-state index < -0.39 is 23.2 Å². The first-order chi connectivity index (χ1) is 19.1. The minimum Gasteiger partial charge on any atom is -0.384 e. The van der Waals surface area contributed by atoms with Crippen LogP contribution < -0.4 is 11.1 Å². The van der Waals surface area contributed by atoms with Gasteiger partial charge in [0.25, 0.3) is 5.91 Å². The number of benzene rings is 3. The van der Waals surface area contributed by atoms with Gasteiger partial charge in [0.15, 0.2) is 0 Å². The number of alkyl halides is 3. The van der Waals surface area contributed by atoms with Gasteiger partial charge in [0, 0.05) is 17.5 Å². The summed E-state index contributed by atoms with van der Waals surface area (Å²) in [5.74, 6) is -0.759. The maximum atomic E-state index is 13.7. The zero-order chi connectivity index (χ0) is 28.5. The van der Waals surface area contributed by atoms with Gasteiger partial charge < -0.3 is 15.9 Å². The number of halogens is 4. The van der Waals surface area contributed by atoms with Gasteiger partial charge in [-0.3, -0.25) is 10.2 Å². The van der Waals surface area contributed by atoms with Crippen LogP contribution in [0, 0.1) is 5.41 Å². The van der Waals surface area contributed by atoms with E-state index >= 15 is 0 Å². The van der Waals surface area contributed by atoms with Gasteiger partial charge in [-0.25, -0.2) is 4.68 Å². The van der Waals surface area contributed by atoms with Gasteiger partial charge in [-0.15, -0.1) is 5.10 Å². The van der Waals surface area contributed by atoms with Crippen molar-refractivity contribution in [1.29, 1.82) is 5.41 Å². The van der Waals surface area contributed by atoms with Crippen molar-refractivity contribution in [2.24, 2.45) is 10.9 Å². The van der Waals surface area contributed by atoms with Gasteiger partial charge >= 0.3 is 6.18 Å². The Balaban J connectivity index is 1.42. The third-order valence-corrected chi connectivity index (χ3v) is 6.59. The summed E-state index contributed by atoms with van der Waals surface area (Å²) in [6, 6.07) is 16.1.